The summed E-state index contributed by atoms with van der Waals surface area (Å²) >= 11 is 0. The molecule has 1 unspecified atom stereocenters. The van der Waals surface area contributed by atoms with Crippen LogP contribution in [-0.2, 0) is 16.1 Å². The van der Waals surface area contributed by atoms with Crippen molar-refractivity contribution in [1.29, 1.82) is 0 Å². The Morgan fingerprint density at radius 2 is 2.31 bits per heavy atom. The van der Waals surface area contributed by atoms with Gasteiger partial charge in [-0.15, -0.1) is 0 Å². The fourth-order valence-corrected chi connectivity index (χ4v) is 1.13. The molecule has 1 N–H and O–H groups in total. The summed E-state index contributed by atoms with van der Waals surface area (Å²) in [6.07, 6.45) is -0.0432. The van der Waals surface area contributed by atoms with Crippen LogP contribution in [0.5, 0.6) is 0 Å². The Kier molecular flexibility index (Phi) is 5.01. The molecule has 0 aliphatic rings. The first-order chi connectivity index (χ1) is 7.63. The number of aromatic carboxylic acids is 1. The van der Waals surface area contributed by atoms with E-state index in [4.69, 9.17) is 19.0 Å². The van der Waals surface area contributed by atoms with E-state index in [0.717, 1.165) is 0 Å². The van der Waals surface area contributed by atoms with Crippen LogP contribution in [-0.4, -0.2) is 30.4 Å². The lowest BCUT2D eigenvalue weighted by Gasteiger charge is -2.11. The summed E-state index contributed by atoms with van der Waals surface area (Å²) < 4.78 is 15.6. The van der Waals surface area contributed by atoms with Crippen LogP contribution in [0.3, 0.4) is 0 Å². The molecule has 0 spiro atoms. The molecule has 5 nitrogen and oxygen atoms in total. The molecule has 0 saturated heterocycles. The zero-order valence-electron chi connectivity index (χ0n) is 9.43. The molecule has 0 fully saturated rings. The van der Waals surface area contributed by atoms with Crippen molar-refractivity contribution in [2.24, 2.45) is 0 Å². The van der Waals surface area contributed by atoms with Gasteiger partial charge in [-0.2, -0.15) is 0 Å². The highest BCUT2D eigenvalue weighted by Gasteiger charge is 2.10. The normalized spacial score (nSPS) is 12.6. The van der Waals surface area contributed by atoms with Crippen LogP contribution >= 0.6 is 0 Å². The number of carboxylic acids is 1. The smallest absolute Gasteiger partial charge is 0.371 e. The van der Waals surface area contributed by atoms with Gasteiger partial charge < -0.3 is 19.0 Å². The average Bonchev–Trinajstić information content (AvgIpc) is 2.72. The summed E-state index contributed by atoms with van der Waals surface area (Å²) in [4.78, 5) is 10.5. The largest absolute Gasteiger partial charge is 0.475 e. The Labute approximate surface area is 94.0 Å². The number of carbonyl (C=O) groups is 1. The third kappa shape index (κ3) is 4.04. The maximum atomic E-state index is 10.5. The van der Waals surface area contributed by atoms with Gasteiger partial charge in [0.1, 0.15) is 12.4 Å². The molecule has 0 aliphatic carbocycles. The third-order valence-corrected chi connectivity index (χ3v) is 1.94. The SMILES string of the molecule is CCOCC(C)OCc1ccc(C(=O)O)o1. The molecule has 0 bridgehead atoms. The predicted molar refractivity (Wildman–Crippen MR) is 56.4 cm³/mol. The molecule has 0 aromatic carbocycles. The fraction of sp³-hybridized carbons (Fsp3) is 0.545. The van der Waals surface area contributed by atoms with Crippen molar-refractivity contribution in [3.8, 4) is 0 Å². The maximum absolute atomic E-state index is 10.5. The van der Waals surface area contributed by atoms with E-state index in [1.54, 1.807) is 6.07 Å². The second-order valence-electron chi connectivity index (χ2n) is 3.35. The molecule has 16 heavy (non-hydrogen) atoms. The molecule has 1 aromatic rings. The van der Waals surface area contributed by atoms with Crippen molar-refractivity contribution >= 4 is 5.97 Å². The summed E-state index contributed by atoms with van der Waals surface area (Å²) in [5, 5.41) is 8.64. The number of hydrogen-bond donors (Lipinski definition) is 1. The highest BCUT2D eigenvalue weighted by molar-refractivity contribution is 5.84. The van der Waals surface area contributed by atoms with Gasteiger partial charge in [0.05, 0.1) is 12.7 Å². The van der Waals surface area contributed by atoms with Gasteiger partial charge in [-0.05, 0) is 26.0 Å². The fourth-order valence-electron chi connectivity index (χ4n) is 1.13. The van der Waals surface area contributed by atoms with Gasteiger partial charge in [0.25, 0.3) is 0 Å². The van der Waals surface area contributed by atoms with Gasteiger partial charge >= 0.3 is 5.97 Å². The number of carboxylic acid groups (broad SMARTS) is 1. The van der Waals surface area contributed by atoms with Crippen LogP contribution in [0.15, 0.2) is 16.5 Å². The van der Waals surface area contributed by atoms with Gasteiger partial charge in [-0.3, -0.25) is 0 Å². The van der Waals surface area contributed by atoms with Crippen molar-refractivity contribution in [1.82, 2.24) is 0 Å². The Balaban J connectivity index is 2.33. The van der Waals surface area contributed by atoms with Crippen LogP contribution in [0.4, 0.5) is 0 Å². The van der Waals surface area contributed by atoms with Crippen molar-refractivity contribution < 1.29 is 23.8 Å². The molecular formula is C11H16O5. The Bertz CT molecular complexity index is 331. The highest BCUT2D eigenvalue weighted by Crippen LogP contribution is 2.10. The first kappa shape index (κ1) is 12.7. The Morgan fingerprint density at radius 3 is 2.88 bits per heavy atom. The summed E-state index contributed by atoms with van der Waals surface area (Å²) in [5.74, 6) is -0.648. The van der Waals surface area contributed by atoms with Gasteiger partial charge in [0, 0.05) is 6.61 Å². The van der Waals surface area contributed by atoms with E-state index in [9.17, 15) is 4.79 Å². The van der Waals surface area contributed by atoms with E-state index in [2.05, 4.69) is 0 Å². The van der Waals surface area contributed by atoms with E-state index in [0.29, 0.717) is 19.0 Å². The van der Waals surface area contributed by atoms with E-state index in [-0.39, 0.29) is 18.5 Å². The molecular weight excluding hydrogens is 212 g/mol. The van der Waals surface area contributed by atoms with Crippen LogP contribution in [0.25, 0.3) is 0 Å². The minimum absolute atomic E-state index is 0.0432. The average molecular weight is 228 g/mol. The molecule has 1 heterocycles. The summed E-state index contributed by atoms with van der Waals surface area (Å²) in [7, 11) is 0. The van der Waals surface area contributed by atoms with Gasteiger partial charge in [-0.25, -0.2) is 4.79 Å². The maximum Gasteiger partial charge on any atom is 0.371 e. The van der Waals surface area contributed by atoms with E-state index < -0.39 is 5.97 Å². The van der Waals surface area contributed by atoms with Crippen molar-refractivity contribution in [2.75, 3.05) is 13.2 Å². The predicted octanol–water partition coefficient (Wildman–Crippen LogP) is 1.92. The van der Waals surface area contributed by atoms with Crippen LogP contribution in [0.2, 0.25) is 0 Å². The third-order valence-electron chi connectivity index (χ3n) is 1.94. The highest BCUT2D eigenvalue weighted by atomic mass is 16.5. The first-order valence-corrected chi connectivity index (χ1v) is 5.14. The van der Waals surface area contributed by atoms with Gasteiger partial charge in [-0.1, -0.05) is 0 Å². The molecule has 90 valence electrons. The number of rotatable bonds is 7. The summed E-state index contributed by atoms with van der Waals surface area (Å²) in [6.45, 7) is 5.22. The van der Waals surface area contributed by atoms with E-state index in [1.807, 2.05) is 13.8 Å². The number of furan rings is 1. The second kappa shape index (κ2) is 6.30. The number of ether oxygens (including phenoxy) is 2. The lowest BCUT2D eigenvalue weighted by Crippen LogP contribution is -2.15. The van der Waals surface area contributed by atoms with Crippen molar-refractivity contribution in [3.05, 3.63) is 23.7 Å². The lowest BCUT2D eigenvalue weighted by atomic mass is 10.4. The van der Waals surface area contributed by atoms with Gasteiger partial charge in [0.2, 0.25) is 5.76 Å². The van der Waals surface area contributed by atoms with E-state index >= 15 is 0 Å². The first-order valence-electron chi connectivity index (χ1n) is 5.14. The quantitative estimate of drug-likeness (QED) is 0.772. The Hall–Kier alpha value is -1.33. The standard InChI is InChI=1S/C11H16O5/c1-3-14-6-8(2)15-7-9-4-5-10(16-9)11(12)13/h4-5,8H,3,6-7H2,1-2H3,(H,12,13). The zero-order valence-corrected chi connectivity index (χ0v) is 9.43. The molecule has 1 atom stereocenters. The lowest BCUT2D eigenvalue weighted by molar-refractivity contribution is -0.0173. The molecule has 5 heteroatoms. The van der Waals surface area contributed by atoms with Crippen LogP contribution < -0.4 is 0 Å². The molecule has 0 amide bonds. The summed E-state index contributed by atoms with van der Waals surface area (Å²) in [5.41, 5.74) is 0. The molecule has 0 radical (unpaired) electrons. The monoisotopic (exact) mass is 228 g/mol. The topological polar surface area (TPSA) is 68.9 Å². The van der Waals surface area contributed by atoms with Crippen molar-refractivity contribution in [2.45, 2.75) is 26.6 Å². The zero-order chi connectivity index (χ0) is 12.0. The minimum atomic E-state index is -1.08. The van der Waals surface area contributed by atoms with Crippen molar-refractivity contribution in [3.63, 3.8) is 0 Å². The molecule has 0 aliphatic heterocycles. The minimum Gasteiger partial charge on any atom is -0.475 e. The molecule has 1 aromatic heterocycles. The van der Waals surface area contributed by atoms with Crippen LogP contribution in [0.1, 0.15) is 30.2 Å². The van der Waals surface area contributed by atoms with Gasteiger partial charge in [0.15, 0.2) is 0 Å². The molecule has 0 saturated carbocycles. The second-order valence-corrected chi connectivity index (χ2v) is 3.35. The van der Waals surface area contributed by atoms with Crippen LogP contribution in [0, 0.1) is 0 Å². The number of hydrogen-bond acceptors (Lipinski definition) is 4. The molecule has 1 rings (SSSR count). The summed E-state index contributed by atoms with van der Waals surface area (Å²) in [6, 6.07) is 3.01. The van der Waals surface area contributed by atoms with E-state index in [1.165, 1.54) is 6.07 Å². The Morgan fingerprint density at radius 1 is 1.56 bits per heavy atom.